The third-order valence-electron chi connectivity index (χ3n) is 8.39. The van der Waals surface area contributed by atoms with Gasteiger partial charge in [0, 0.05) is 48.8 Å². The molecule has 2 aromatic heterocycles. The SMILES string of the molecule is CCOC(=O)c1[nH]c2c(-c3c(CN(C)S(=O)(=O)CCCCl)nn(C)c3C)c(F)ccc2c1CCCO[Si](C)(C)C(C)(C)C. The van der Waals surface area contributed by atoms with Crippen molar-refractivity contribution >= 4 is 46.8 Å². The van der Waals surface area contributed by atoms with E-state index < -0.39 is 30.1 Å². The summed E-state index contributed by atoms with van der Waals surface area (Å²) in [5.74, 6) is -0.894. The minimum Gasteiger partial charge on any atom is -0.461 e. The highest BCUT2D eigenvalue weighted by atomic mass is 35.5. The maximum atomic E-state index is 15.8. The minimum atomic E-state index is -3.60. The molecule has 0 spiro atoms. The number of carbonyl (C=O) groups excluding carboxylic acids is 1. The van der Waals surface area contributed by atoms with Crippen molar-refractivity contribution in [1.29, 1.82) is 0 Å². The van der Waals surface area contributed by atoms with Gasteiger partial charge in [-0.05, 0) is 68.9 Å². The van der Waals surface area contributed by atoms with E-state index in [4.69, 9.17) is 20.8 Å². The van der Waals surface area contributed by atoms with E-state index in [0.717, 1.165) is 5.56 Å². The zero-order chi connectivity index (χ0) is 32.3. The molecule has 240 valence electrons. The van der Waals surface area contributed by atoms with Gasteiger partial charge in [-0.25, -0.2) is 17.6 Å². The molecule has 2 heterocycles. The molecule has 1 N–H and O–H groups in total. The van der Waals surface area contributed by atoms with Gasteiger partial charge in [-0.2, -0.15) is 9.40 Å². The molecule has 0 fully saturated rings. The Morgan fingerprint density at radius 3 is 2.49 bits per heavy atom. The van der Waals surface area contributed by atoms with Crippen LogP contribution in [-0.4, -0.2) is 73.7 Å². The summed E-state index contributed by atoms with van der Waals surface area (Å²) in [5.41, 5.74) is 3.23. The van der Waals surface area contributed by atoms with Crippen molar-refractivity contribution in [2.24, 2.45) is 7.05 Å². The van der Waals surface area contributed by atoms with Gasteiger partial charge < -0.3 is 14.1 Å². The summed E-state index contributed by atoms with van der Waals surface area (Å²) in [5, 5.41) is 5.34. The molecule has 3 rings (SSSR count). The fourth-order valence-electron chi connectivity index (χ4n) is 4.78. The van der Waals surface area contributed by atoms with Crippen LogP contribution in [0.1, 0.15) is 68.0 Å². The Kier molecular flexibility index (Phi) is 11.3. The first-order chi connectivity index (χ1) is 20.0. The molecule has 1 aromatic carbocycles. The van der Waals surface area contributed by atoms with Gasteiger partial charge in [0.25, 0.3) is 0 Å². The second-order valence-corrected chi connectivity index (χ2v) is 19.8. The fourth-order valence-corrected chi connectivity index (χ4v) is 7.30. The van der Waals surface area contributed by atoms with Crippen LogP contribution in [0.4, 0.5) is 4.39 Å². The lowest BCUT2D eigenvalue weighted by Gasteiger charge is -2.36. The highest BCUT2D eigenvalue weighted by Gasteiger charge is 2.37. The van der Waals surface area contributed by atoms with Gasteiger partial charge in [-0.15, -0.1) is 11.6 Å². The van der Waals surface area contributed by atoms with E-state index in [1.165, 1.54) is 17.4 Å². The van der Waals surface area contributed by atoms with Gasteiger partial charge in [0.1, 0.15) is 11.5 Å². The van der Waals surface area contributed by atoms with Gasteiger partial charge in [-0.3, -0.25) is 4.68 Å². The number of H-pyrrole nitrogens is 1. The monoisotopic (exact) mass is 656 g/mol. The van der Waals surface area contributed by atoms with Crippen molar-refractivity contribution in [2.75, 3.05) is 31.9 Å². The molecule has 0 aliphatic heterocycles. The van der Waals surface area contributed by atoms with Gasteiger partial charge in [-0.1, -0.05) is 20.8 Å². The Labute approximate surface area is 261 Å². The Morgan fingerprint density at radius 2 is 1.88 bits per heavy atom. The summed E-state index contributed by atoms with van der Waals surface area (Å²) >= 11 is 5.73. The second-order valence-electron chi connectivity index (χ2n) is 12.4. The van der Waals surface area contributed by atoms with Gasteiger partial charge in [0.2, 0.25) is 10.0 Å². The molecule has 0 aliphatic carbocycles. The van der Waals surface area contributed by atoms with Crippen LogP contribution in [0.25, 0.3) is 22.0 Å². The summed E-state index contributed by atoms with van der Waals surface area (Å²) in [6.45, 7) is 15.2. The molecule has 13 heteroatoms. The molecular weight excluding hydrogens is 611 g/mol. The van der Waals surface area contributed by atoms with Crippen molar-refractivity contribution < 1.29 is 26.8 Å². The van der Waals surface area contributed by atoms with E-state index >= 15 is 4.39 Å². The number of aryl methyl sites for hydroxylation is 2. The van der Waals surface area contributed by atoms with Crippen molar-refractivity contribution in [3.8, 4) is 11.1 Å². The number of carbonyl (C=O) groups is 1. The molecule has 3 aromatic rings. The number of benzene rings is 1. The predicted octanol–water partition coefficient (Wildman–Crippen LogP) is 6.54. The largest absolute Gasteiger partial charge is 0.461 e. The molecule has 0 aliphatic rings. The van der Waals surface area contributed by atoms with Crippen LogP contribution < -0.4 is 0 Å². The number of rotatable bonds is 14. The minimum absolute atomic E-state index is 0.0550. The number of aromatic amines is 1. The summed E-state index contributed by atoms with van der Waals surface area (Å²) < 4.78 is 56.0. The summed E-state index contributed by atoms with van der Waals surface area (Å²) in [4.78, 5) is 16.3. The number of hydrogen-bond donors (Lipinski definition) is 1. The van der Waals surface area contributed by atoms with Gasteiger partial charge in [0.05, 0.1) is 30.1 Å². The average Bonchev–Trinajstić information content (AvgIpc) is 3.41. The number of fused-ring (bicyclic) bond motifs is 1. The molecule has 0 bridgehead atoms. The van der Waals surface area contributed by atoms with Crippen LogP contribution in [0, 0.1) is 12.7 Å². The molecule has 9 nitrogen and oxygen atoms in total. The van der Waals surface area contributed by atoms with Crippen molar-refractivity contribution in [3.63, 3.8) is 0 Å². The predicted molar refractivity (Wildman–Crippen MR) is 173 cm³/mol. The van der Waals surface area contributed by atoms with Crippen molar-refractivity contribution in [2.45, 2.75) is 78.6 Å². The van der Waals surface area contributed by atoms with Crippen molar-refractivity contribution in [1.82, 2.24) is 19.1 Å². The Bertz CT molecular complexity index is 1560. The topological polar surface area (TPSA) is 107 Å². The number of hydrogen-bond acceptors (Lipinski definition) is 6. The lowest BCUT2D eigenvalue weighted by molar-refractivity contribution is 0.0519. The molecular formula is C30H46ClFN4O5SSi. The van der Waals surface area contributed by atoms with Crippen molar-refractivity contribution in [3.05, 3.63) is 40.6 Å². The number of aromatic nitrogens is 3. The zero-order valence-corrected chi connectivity index (χ0v) is 29.4. The smallest absolute Gasteiger partial charge is 0.355 e. The van der Waals surface area contributed by atoms with E-state index in [1.54, 1.807) is 31.6 Å². The maximum absolute atomic E-state index is 15.8. The quantitative estimate of drug-likeness (QED) is 0.0914. The first-order valence-corrected chi connectivity index (χ1v) is 19.7. The number of esters is 1. The van der Waals surface area contributed by atoms with E-state index in [2.05, 4.69) is 43.9 Å². The number of alkyl halides is 1. The first kappa shape index (κ1) is 35.2. The van der Waals surface area contributed by atoms with E-state index in [9.17, 15) is 13.2 Å². The molecule has 0 amide bonds. The molecule has 43 heavy (non-hydrogen) atoms. The standard InChI is InChI=1S/C30H46ClFN4O5SSi/c1-10-40-29(37)28-21(13-11-17-41-43(8,9)30(3,4)5)22-14-15-23(32)26(27(22)33-28)25-20(2)36(7)34-24(25)19-35(6)42(38,39)18-12-16-31/h14-15,33H,10-13,16-19H2,1-9H3. The summed E-state index contributed by atoms with van der Waals surface area (Å²) in [6.07, 6.45) is 1.51. The van der Waals surface area contributed by atoms with Crippen LogP contribution in [0.15, 0.2) is 12.1 Å². The number of ether oxygens (including phenoxy) is 1. The molecule has 0 saturated carbocycles. The third kappa shape index (κ3) is 7.70. The van der Waals surface area contributed by atoms with Crippen LogP contribution in [-0.2, 0) is 39.2 Å². The van der Waals surface area contributed by atoms with Gasteiger partial charge >= 0.3 is 5.97 Å². The number of nitrogens with one attached hydrogen (secondary N) is 1. The lowest BCUT2D eigenvalue weighted by atomic mass is 9.97. The van der Waals surface area contributed by atoms with Crippen LogP contribution in [0.2, 0.25) is 18.1 Å². The third-order valence-corrected chi connectivity index (χ3v) is 15.1. The van der Waals surface area contributed by atoms with Crippen LogP contribution >= 0.6 is 11.6 Å². The highest BCUT2D eigenvalue weighted by Crippen LogP contribution is 2.39. The summed E-state index contributed by atoms with van der Waals surface area (Å²) in [7, 11) is -2.34. The second kappa shape index (κ2) is 13.8. The molecule has 0 radical (unpaired) electrons. The molecule has 0 atom stereocenters. The highest BCUT2D eigenvalue weighted by molar-refractivity contribution is 7.89. The number of halogens is 2. The fraction of sp³-hybridized carbons (Fsp3) is 0.600. The normalized spacial score (nSPS) is 12.9. The van der Waals surface area contributed by atoms with E-state index in [1.807, 2.05) is 0 Å². The first-order valence-electron chi connectivity index (χ1n) is 14.6. The zero-order valence-electron chi connectivity index (χ0n) is 26.9. The van der Waals surface area contributed by atoms with Crippen LogP contribution in [0.5, 0.6) is 0 Å². The number of nitrogens with zero attached hydrogens (tertiary/aromatic N) is 3. The Morgan fingerprint density at radius 1 is 1.21 bits per heavy atom. The van der Waals surface area contributed by atoms with Crippen LogP contribution in [0.3, 0.4) is 0 Å². The molecule has 0 unspecified atom stereocenters. The average molecular weight is 657 g/mol. The maximum Gasteiger partial charge on any atom is 0.355 e. The van der Waals surface area contributed by atoms with E-state index in [0.29, 0.717) is 53.7 Å². The van der Waals surface area contributed by atoms with Gasteiger partial charge in [0.15, 0.2) is 8.32 Å². The van der Waals surface area contributed by atoms with E-state index in [-0.39, 0.29) is 41.1 Å². The number of sulfonamides is 1. The molecule has 0 saturated heterocycles. The Balaban J connectivity index is 2.10. The Hall–Kier alpha value is -2.25. The summed E-state index contributed by atoms with van der Waals surface area (Å²) in [6, 6.07) is 3.05. The lowest BCUT2D eigenvalue weighted by Crippen LogP contribution is -2.41.